The molecule has 0 spiro atoms. The van der Waals surface area contributed by atoms with Gasteiger partial charge in [-0.1, -0.05) is 12.1 Å². The van der Waals surface area contributed by atoms with Gasteiger partial charge in [0.25, 0.3) is 0 Å². The molecule has 0 saturated carbocycles. The van der Waals surface area contributed by atoms with Crippen LogP contribution >= 0.6 is 12.2 Å². The SMILES string of the molecule is NC(=S)NN=Cc1ccc(F)cc1. The molecule has 3 N–H and O–H groups in total. The van der Waals surface area contributed by atoms with E-state index in [4.69, 9.17) is 5.73 Å². The van der Waals surface area contributed by atoms with E-state index in [1.165, 1.54) is 18.3 Å². The van der Waals surface area contributed by atoms with E-state index in [1.807, 2.05) is 0 Å². The van der Waals surface area contributed by atoms with Crippen LogP contribution in [-0.2, 0) is 0 Å². The van der Waals surface area contributed by atoms with Crippen molar-refractivity contribution in [2.75, 3.05) is 0 Å². The predicted octanol–water partition coefficient (Wildman–Crippen LogP) is 0.993. The number of halogens is 1. The van der Waals surface area contributed by atoms with Gasteiger partial charge in [0.15, 0.2) is 5.11 Å². The molecule has 0 saturated heterocycles. The van der Waals surface area contributed by atoms with Gasteiger partial charge in [-0.2, -0.15) is 5.10 Å². The maximum atomic E-state index is 12.4. The summed E-state index contributed by atoms with van der Waals surface area (Å²) in [6, 6.07) is 5.89. The fourth-order valence-electron chi connectivity index (χ4n) is 0.719. The molecule has 0 aliphatic rings. The molecule has 0 aliphatic heterocycles. The van der Waals surface area contributed by atoms with Crippen molar-refractivity contribution < 1.29 is 4.39 Å². The van der Waals surface area contributed by atoms with Gasteiger partial charge in [0.05, 0.1) is 6.21 Å². The molecule has 0 atom stereocenters. The molecule has 0 heterocycles. The smallest absolute Gasteiger partial charge is 0.184 e. The number of thiocarbonyl (C=S) groups is 1. The van der Waals surface area contributed by atoms with Crippen molar-refractivity contribution in [2.24, 2.45) is 10.8 Å². The van der Waals surface area contributed by atoms with Crippen LogP contribution in [0.3, 0.4) is 0 Å². The normalized spacial score (nSPS) is 10.2. The van der Waals surface area contributed by atoms with Crippen molar-refractivity contribution in [1.29, 1.82) is 0 Å². The lowest BCUT2D eigenvalue weighted by Crippen LogP contribution is -2.23. The first-order valence-corrected chi connectivity index (χ1v) is 3.93. The van der Waals surface area contributed by atoms with Crippen molar-refractivity contribution in [2.45, 2.75) is 0 Å². The Bertz CT molecular complexity index is 321. The summed E-state index contributed by atoms with van der Waals surface area (Å²) in [4.78, 5) is 0. The number of hydrogen-bond acceptors (Lipinski definition) is 2. The van der Waals surface area contributed by atoms with Crippen LogP contribution < -0.4 is 11.2 Å². The molecule has 0 unspecified atom stereocenters. The van der Waals surface area contributed by atoms with Gasteiger partial charge in [0.2, 0.25) is 0 Å². The second-order valence-corrected chi connectivity index (χ2v) is 2.73. The Morgan fingerprint density at radius 3 is 2.62 bits per heavy atom. The van der Waals surface area contributed by atoms with E-state index in [0.717, 1.165) is 5.56 Å². The summed E-state index contributed by atoms with van der Waals surface area (Å²) in [5, 5.41) is 3.80. The predicted molar refractivity (Wildman–Crippen MR) is 53.9 cm³/mol. The van der Waals surface area contributed by atoms with Crippen LogP contribution in [0.5, 0.6) is 0 Å². The Morgan fingerprint density at radius 1 is 1.46 bits per heavy atom. The van der Waals surface area contributed by atoms with Crippen molar-refractivity contribution >= 4 is 23.5 Å². The van der Waals surface area contributed by atoms with Gasteiger partial charge in [-0.25, -0.2) is 4.39 Å². The molecule has 0 radical (unpaired) electrons. The second kappa shape index (κ2) is 4.51. The summed E-state index contributed by atoms with van der Waals surface area (Å²) in [7, 11) is 0. The summed E-state index contributed by atoms with van der Waals surface area (Å²) in [6.07, 6.45) is 1.50. The van der Waals surface area contributed by atoms with Gasteiger partial charge < -0.3 is 5.73 Å². The van der Waals surface area contributed by atoms with Gasteiger partial charge in [-0.3, -0.25) is 5.43 Å². The van der Waals surface area contributed by atoms with Gasteiger partial charge in [-0.15, -0.1) is 0 Å². The topological polar surface area (TPSA) is 50.4 Å². The molecule has 3 nitrogen and oxygen atoms in total. The Kier molecular flexibility index (Phi) is 3.33. The molecule has 0 bridgehead atoms. The van der Waals surface area contributed by atoms with Gasteiger partial charge in [0, 0.05) is 0 Å². The lowest BCUT2D eigenvalue weighted by molar-refractivity contribution is 0.628. The standard InChI is InChI=1S/C8H8FN3S/c9-7-3-1-6(2-4-7)5-11-12-8(10)13/h1-5H,(H3,10,12,13). The minimum absolute atomic E-state index is 0.0957. The number of nitrogens with two attached hydrogens (primary N) is 1. The van der Waals surface area contributed by atoms with Crippen LogP contribution in [0.25, 0.3) is 0 Å². The molecule has 1 aromatic rings. The molecule has 1 aromatic carbocycles. The molecular weight excluding hydrogens is 189 g/mol. The van der Waals surface area contributed by atoms with E-state index in [9.17, 15) is 4.39 Å². The monoisotopic (exact) mass is 197 g/mol. The lowest BCUT2D eigenvalue weighted by Gasteiger charge is -1.94. The number of hydrogen-bond donors (Lipinski definition) is 2. The van der Waals surface area contributed by atoms with Crippen LogP contribution in [-0.4, -0.2) is 11.3 Å². The van der Waals surface area contributed by atoms with Gasteiger partial charge >= 0.3 is 0 Å². The van der Waals surface area contributed by atoms with Crippen molar-refractivity contribution in [3.05, 3.63) is 35.6 Å². The number of nitrogens with zero attached hydrogens (tertiary/aromatic N) is 1. The first-order valence-electron chi connectivity index (χ1n) is 3.52. The summed E-state index contributed by atoms with van der Waals surface area (Å²) in [5.41, 5.74) is 8.29. The fourth-order valence-corrected chi connectivity index (χ4v) is 0.772. The highest BCUT2D eigenvalue weighted by molar-refractivity contribution is 7.80. The average molecular weight is 197 g/mol. The fraction of sp³-hybridized carbons (Fsp3) is 0. The number of rotatable bonds is 2. The van der Waals surface area contributed by atoms with E-state index in [2.05, 4.69) is 22.7 Å². The summed E-state index contributed by atoms with van der Waals surface area (Å²) in [6.45, 7) is 0. The van der Waals surface area contributed by atoms with Crippen LogP contribution in [0, 0.1) is 5.82 Å². The van der Waals surface area contributed by atoms with Crippen LogP contribution in [0.15, 0.2) is 29.4 Å². The molecule has 0 aliphatic carbocycles. The van der Waals surface area contributed by atoms with E-state index in [0.29, 0.717) is 0 Å². The van der Waals surface area contributed by atoms with Crippen molar-refractivity contribution in [3.8, 4) is 0 Å². The third kappa shape index (κ3) is 3.62. The molecule has 1 rings (SSSR count). The number of benzene rings is 1. The molecule has 68 valence electrons. The quantitative estimate of drug-likeness (QED) is 0.422. The van der Waals surface area contributed by atoms with Crippen molar-refractivity contribution in [1.82, 2.24) is 5.43 Å². The van der Waals surface area contributed by atoms with E-state index >= 15 is 0 Å². The van der Waals surface area contributed by atoms with Gasteiger partial charge in [-0.05, 0) is 29.9 Å². The van der Waals surface area contributed by atoms with E-state index in [-0.39, 0.29) is 10.9 Å². The molecule has 0 fully saturated rings. The zero-order valence-corrected chi connectivity index (χ0v) is 7.51. The average Bonchev–Trinajstić information content (AvgIpc) is 2.08. The maximum absolute atomic E-state index is 12.4. The Morgan fingerprint density at radius 2 is 2.08 bits per heavy atom. The molecule has 0 amide bonds. The molecule has 0 aromatic heterocycles. The maximum Gasteiger partial charge on any atom is 0.184 e. The molecular formula is C8H8FN3S. The number of nitrogens with one attached hydrogen (secondary N) is 1. The highest BCUT2D eigenvalue weighted by Gasteiger charge is 1.88. The Labute approximate surface area is 80.4 Å². The molecule has 13 heavy (non-hydrogen) atoms. The third-order valence-corrected chi connectivity index (χ3v) is 1.35. The van der Waals surface area contributed by atoms with Gasteiger partial charge in [0.1, 0.15) is 5.82 Å². The first kappa shape index (κ1) is 9.60. The van der Waals surface area contributed by atoms with Crippen molar-refractivity contribution in [3.63, 3.8) is 0 Å². The Hall–Kier alpha value is -1.49. The zero-order chi connectivity index (χ0) is 9.68. The molecule has 5 heteroatoms. The largest absolute Gasteiger partial charge is 0.375 e. The summed E-state index contributed by atoms with van der Waals surface area (Å²) >= 11 is 4.52. The zero-order valence-electron chi connectivity index (χ0n) is 6.70. The van der Waals surface area contributed by atoms with Crippen LogP contribution in [0.1, 0.15) is 5.56 Å². The van der Waals surface area contributed by atoms with Crippen LogP contribution in [0.4, 0.5) is 4.39 Å². The van der Waals surface area contributed by atoms with E-state index < -0.39 is 0 Å². The summed E-state index contributed by atoms with van der Waals surface area (Å²) in [5.74, 6) is -0.278. The summed E-state index contributed by atoms with van der Waals surface area (Å²) < 4.78 is 12.4. The lowest BCUT2D eigenvalue weighted by atomic mass is 10.2. The number of hydrazone groups is 1. The minimum atomic E-state index is -0.278. The van der Waals surface area contributed by atoms with E-state index in [1.54, 1.807) is 12.1 Å². The minimum Gasteiger partial charge on any atom is -0.375 e. The second-order valence-electron chi connectivity index (χ2n) is 2.29. The Balaban J connectivity index is 2.59. The van der Waals surface area contributed by atoms with Crippen LogP contribution in [0.2, 0.25) is 0 Å². The highest BCUT2D eigenvalue weighted by Crippen LogP contribution is 1.99. The third-order valence-electron chi connectivity index (χ3n) is 1.26. The highest BCUT2D eigenvalue weighted by atomic mass is 32.1. The first-order chi connectivity index (χ1) is 6.18.